The second-order valence-electron chi connectivity index (χ2n) is 7.34. The number of rotatable bonds is 2. The summed E-state index contributed by atoms with van der Waals surface area (Å²) in [6, 6.07) is 0. The molecule has 2 fully saturated rings. The van der Waals surface area contributed by atoms with E-state index in [1.54, 1.807) is 4.52 Å². The summed E-state index contributed by atoms with van der Waals surface area (Å²) >= 11 is 0. The van der Waals surface area contributed by atoms with Crippen LogP contribution in [-0.4, -0.2) is 43.5 Å². The molecule has 128 valence electrons. The lowest BCUT2D eigenvalue weighted by Gasteiger charge is -2.41. The number of piperidine rings is 1. The molecule has 1 aliphatic heterocycles. The van der Waals surface area contributed by atoms with E-state index in [1.165, 1.54) is 38.4 Å². The van der Waals surface area contributed by atoms with Crippen LogP contribution in [0.25, 0.3) is 5.78 Å². The van der Waals surface area contributed by atoms with Crippen LogP contribution in [0, 0.1) is 25.7 Å². The van der Waals surface area contributed by atoms with Gasteiger partial charge >= 0.3 is 0 Å². The first-order chi connectivity index (χ1) is 11.6. The van der Waals surface area contributed by atoms with E-state index in [0.29, 0.717) is 12.2 Å². The summed E-state index contributed by atoms with van der Waals surface area (Å²) in [5, 5.41) is 4.21. The predicted molar refractivity (Wildman–Crippen MR) is 90.6 cm³/mol. The average molecular weight is 327 g/mol. The minimum atomic E-state index is 0.228. The molecule has 1 saturated carbocycles. The highest BCUT2D eigenvalue weighted by Crippen LogP contribution is 2.36. The monoisotopic (exact) mass is 327 g/mol. The van der Waals surface area contributed by atoms with E-state index in [2.05, 4.69) is 20.0 Å². The van der Waals surface area contributed by atoms with E-state index < -0.39 is 0 Å². The van der Waals surface area contributed by atoms with Gasteiger partial charge < -0.3 is 4.90 Å². The lowest BCUT2D eigenvalue weighted by atomic mass is 9.75. The fraction of sp³-hybridized carbons (Fsp3) is 0.667. The Morgan fingerprint density at radius 2 is 2.00 bits per heavy atom. The maximum absolute atomic E-state index is 12.9. The fourth-order valence-electron chi connectivity index (χ4n) is 4.50. The topological polar surface area (TPSA) is 63.4 Å². The zero-order valence-electron chi connectivity index (χ0n) is 14.5. The number of carbonyl (C=O) groups excluding carboxylic acids is 1. The molecule has 3 heterocycles. The Labute approximate surface area is 142 Å². The summed E-state index contributed by atoms with van der Waals surface area (Å²) in [7, 11) is 0. The van der Waals surface area contributed by atoms with Crippen LogP contribution in [0.4, 0.5) is 0 Å². The fourth-order valence-corrected chi connectivity index (χ4v) is 4.50. The highest BCUT2D eigenvalue weighted by atomic mass is 16.2. The molecule has 0 spiro atoms. The van der Waals surface area contributed by atoms with Crippen LogP contribution in [0.15, 0.2) is 6.33 Å². The largest absolute Gasteiger partial charge is 0.342 e. The number of carbonyl (C=O) groups is 1. The van der Waals surface area contributed by atoms with Crippen LogP contribution in [0.1, 0.15) is 49.1 Å². The normalized spacial score (nSPS) is 24.2. The summed E-state index contributed by atoms with van der Waals surface area (Å²) in [5.74, 6) is 2.39. The second-order valence-corrected chi connectivity index (χ2v) is 7.34. The van der Waals surface area contributed by atoms with Crippen molar-refractivity contribution in [3.63, 3.8) is 0 Å². The zero-order chi connectivity index (χ0) is 16.7. The molecular formula is C18H25N5O. The van der Waals surface area contributed by atoms with Gasteiger partial charge in [0.2, 0.25) is 5.91 Å². The van der Waals surface area contributed by atoms with E-state index in [1.807, 2.05) is 13.8 Å². The molecule has 24 heavy (non-hydrogen) atoms. The predicted octanol–water partition coefficient (Wildman–Crippen LogP) is 2.32. The van der Waals surface area contributed by atoms with Crippen LogP contribution < -0.4 is 0 Å². The van der Waals surface area contributed by atoms with E-state index in [-0.39, 0.29) is 5.91 Å². The van der Waals surface area contributed by atoms with Gasteiger partial charge in [0.15, 0.2) is 0 Å². The van der Waals surface area contributed by atoms with Gasteiger partial charge in [-0.05, 0) is 38.5 Å². The smallest absolute Gasteiger partial charge is 0.252 e. The number of amides is 1. The molecule has 2 atom stereocenters. The molecule has 1 saturated heterocycles. The van der Waals surface area contributed by atoms with Crippen molar-refractivity contribution in [2.75, 3.05) is 13.1 Å². The lowest BCUT2D eigenvalue weighted by Crippen LogP contribution is -2.45. The van der Waals surface area contributed by atoms with Gasteiger partial charge in [0.1, 0.15) is 6.33 Å². The molecule has 1 aliphatic carbocycles. The average Bonchev–Trinajstić information content (AvgIpc) is 3.06. The SMILES string of the molecule is Cc1nc2ncnn2c(C)c1CC(=O)N1CC[C@@H]2CCCC[C@H]2C1. The molecule has 0 unspecified atom stereocenters. The van der Waals surface area contributed by atoms with Crippen molar-refractivity contribution in [3.8, 4) is 0 Å². The zero-order valence-corrected chi connectivity index (χ0v) is 14.5. The number of nitrogens with zero attached hydrogens (tertiary/aromatic N) is 5. The van der Waals surface area contributed by atoms with Gasteiger partial charge in [-0.15, -0.1) is 0 Å². The second kappa shape index (κ2) is 6.15. The van der Waals surface area contributed by atoms with Crippen molar-refractivity contribution in [1.29, 1.82) is 0 Å². The highest BCUT2D eigenvalue weighted by Gasteiger charge is 2.33. The van der Waals surface area contributed by atoms with Crippen LogP contribution in [0.5, 0.6) is 0 Å². The molecule has 0 aromatic carbocycles. The Balaban J connectivity index is 1.52. The third-order valence-corrected chi connectivity index (χ3v) is 5.96. The third-order valence-electron chi connectivity index (χ3n) is 5.96. The number of likely N-dealkylation sites (tertiary alicyclic amines) is 1. The Morgan fingerprint density at radius 1 is 1.21 bits per heavy atom. The number of fused-ring (bicyclic) bond motifs is 2. The van der Waals surface area contributed by atoms with E-state index in [4.69, 9.17) is 0 Å². The van der Waals surface area contributed by atoms with E-state index >= 15 is 0 Å². The molecule has 2 aromatic heterocycles. The van der Waals surface area contributed by atoms with Gasteiger partial charge in [-0.2, -0.15) is 10.1 Å². The van der Waals surface area contributed by atoms with Crippen molar-refractivity contribution in [3.05, 3.63) is 23.3 Å². The van der Waals surface area contributed by atoms with Gasteiger partial charge in [0, 0.05) is 30.0 Å². The Kier molecular flexibility index (Phi) is 3.98. The van der Waals surface area contributed by atoms with Crippen molar-refractivity contribution in [2.45, 2.75) is 52.4 Å². The van der Waals surface area contributed by atoms with Crippen LogP contribution in [0.2, 0.25) is 0 Å². The molecule has 0 bridgehead atoms. The summed E-state index contributed by atoms with van der Waals surface area (Å²) in [6.07, 6.45) is 8.45. The van der Waals surface area contributed by atoms with Crippen molar-refractivity contribution >= 4 is 11.7 Å². The molecule has 6 nitrogen and oxygen atoms in total. The number of hydrogen-bond donors (Lipinski definition) is 0. The molecule has 0 N–H and O–H groups in total. The standard InChI is InChI=1S/C18H25N5O/c1-12-16(13(2)23-18(21-12)19-11-20-23)9-17(24)22-8-7-14-5-3-4-6-15(14)10-22/h11,14-15H,3-10H2,1-2H3/t14-,15-/m0/s1. The Bertz CT molecular complexity index is 768. The van der Waals surface area contributed by atoms with Gasteiger partial charge in [-0.3, -0.25) is 4.79 Å². The molecule has 4 rings (SSSR count). The van der Waals surface area contributed by atoms with Gasteiger partial charge in [-0.25, -0.2) is 9.50 Å². The summed E-state index contributed by atoms with van der Waals surface area (Å²) in [4.78, 5) is 23.6. The third kappa shape index (κ3) is 2.68. The first-order valence-corrected chi connectivity index (χ1v) is 9.07. The molecule has 0 radical (unpaired) electrons. The number of aryl methyl sites for hydroxylation is 2. The lowest BCUT2D eigenvalue weighted by molar-refractivity contribution is -0.133. The van der Waals surface area contributed by atoms with Gasteiger partial charge in [0.05, 0.1) is 6.42 Å². The van der Waals surface area contributed by atoms with Crippen LogP contribution in [0.3, 0.4) is 0 Å². The molecule has 2 aromatic rings. The minimum absolute atomic E-state index is 0.228. The minimum Gasteiger partial charge on any atom is -0.342 e. The Hall–Kier alpha value is -1.98. The van der Waals surface area contributed by atoms with Gasteiger partial charge in [0.25, 0.3) is 5.78 Å². The summed E-state index contributed by atoms with van der Waals surface area (Å²) in [5.41, 5.74) is 2.84. The first kappa shape index (κ1) is 15.5. The number of aromatic nitrogens is 4. The van der Waals surface area contributed by atoms with Crippen molar-refractivity contribution < 1.29 is 4.79 Å². The highest BCUT2D eigenvalue weighted by molar-refractivity contribution is 5.79. The quantitative estimate of drug-likeness (QED) is 0.849. The van der Waals surface area contributed by atoms with Crippen LogP contribution in [-0.2, 0) is 11.2 Å². The Morgan fingerprint density at radius 3 is 2.83 bits per heavy atom. The van der Waals surface area contributed by atoms with Gasteiger partial charge in [-0.1, -0.05) is 19.3 Å². The summed E-state index contributed by atoms with van der Waals surface area (Å²) < 4.78 is 1.73. The van der Waals surface area contributed by atoms with E-state index in [0.717, 1.165) is 41.9 Å². The maximum atomic E-state index is 12.9. The summed E-state index contributed by atoms with van der Waals surface area (Å²) in [6.45, 7) is 5.81. The number of hydrogen-bond acceptors (Lipinski definition) is 4. The van der Waals surface area contributed by atoms with Crippen molar-refractivity contribution in [1.82, 2.24) is 24.5 Å². The molecule has 6 heteroatoms. The molecular weight excluding hydrogens is 302 g/mol. The maximum Gasteiger partial charge on any atom is 0.252 e. The van der Waals surface area contributed by atoms with E-state index in [9.17, 15) is 4.79 Å². The molecule has 2 aliphatic rings. The van der Waals surface area contributed by atoms with Crippen molar-refractivity contribution in [2.24, 2.45) is 11.8 Å². The first-order valence-electron chi connectivity index (χ1n) is 9.07. The van der Waals surface area contributed by atoms with Crippen LogP contribution >= 0.6 is 0 Å². The molecule has 1 amide bonds.